The van der Waals surface area contributed by atoms with Crippen LogP contribution in [0.5, 0.6) is 0 Å². The van der Waals surface area contributed by atoms with Gasteiger partial charge in [0.25, 0.3) is 0 Å². The van der Waals surface area contributed by atoms with E-state index >= 15 is 0 Å². The van der Waals surface area contributed by atoms with Gasteiger partial charge in [0.05, 0.1) is 11.4 Å². The molecule has 0 spiro atoms. The van der Waals surface area contributed by atoms with Crippen LogP contribution in [-0.4, -0.2) is 32.3 Å². The first-order valence-electron chi connectivity index (χ1n) is 14.7. The van der Waals surface area contributed by atoms with Gasteiger partial charge in [0.2, 0.25) is 0 Å². The van der Waals surface area contributed by atoms with Gasteiger partial charge >= 0.3 is 0 Å². The number of hydrogen-bond donors (Lipinski definition) is 2. The lowest BCUT2D eigenvalue weighted by Crippen LogP contribution is -2.33. The van der Waals surface area contributed by atoms with Crippen molar-refractivity contribution in [1.82, 2.24) is 10.2 Å². The van der Waals surface area contributed by atoms with E-state index in [1.165, 1.54) is 22.5 Å². The summed E-state index contributed by atoms with van der Waals surface area (Å²) in [6.45, 7) is 11.6. The Morgan fingerprint density at radius 2 is 1.88 bits per heavy atom. The van der Waals surface area contributed by atoms with Crippen LogP contribution in [-0.2, 0) is 0 Å². The molecule has 2 heterocycles. The first kappa shape index (κ1) is 29.7. The number of likely N-dealkylation sites (N-methyl/N-ethyl adjacent to an activating group) is 1. The van der Waals surface area contributed by atoms with Crippen LogP contribution < -0.4 is 10.6 Å². The summed E-state index contributed by atoms with van der Waals surface area (Å²) >= 11 is 0. The van der Waals surface area contributed by atoms with Gasteiger partial charge in [-0.15, -0.1) is 0 Å². The highest BCUT2D eigenvalue weighted by molar-refractivity contribution is 5.80. The number of aliphatic imine (C=N–C) groups is 1. The molecule has 2 aromatic carbocycles. The van der Waals surface area contributed by atoms with E-state index in [1.807, 2.05) is 13.1 Å². The molecule has 0 fully saturated rings. The van der Waals surface area contributed by atoms with E-state index in [2.05, 4.69) is 139 Å². The molecule has 2 aromatic rings. The monoisotopic (exact) mass is 544 g/mol. The quantitative estimate of drug-likeness (QED) is 0.219. The van der Waals surface area contributed by atoms with E-state index in [0.717, 1.165) is 66.9 Å². The van der Waals surface area contributed by atoms with Crippen molar-refractivity contribution in [1.29, 1.82) is 0 Å². The topological polar surface area (TPSA) is 39.7 Å². The van der Waals surface area contributed by atoms with Gasteiger partial charge in [-0.2, -0.15) is 0 Å². The van der Waals surface area contributed by atoms with Gasteiger partial charge in [0, 0.05) is 37.8 Å². The van der Waals surface area contributed by atoms with Crippen molar-refractivity contribution in [3.63, 3.8) is 0 Å². The van der Waals surface area contributed by atoms with E-state index in [9.17, 15) is 0 Å². The second-order valence-corrected chi connectivity index (χ2v) is 10.6. The van der Waals surface area contributed by atoms with Crippen molar-refractivity contribution >= 4 is 18.1 Å². The van der Waals surface area contributed by atoms with Crippen molar-refractivity contribution in [3.8, 4) is 0 Å². The lowest BCUT2D eigenvalue weighted by Gasteiger charge is -2.33. The molecule has 0 radical (unpaired) electrons. The van der Waals surface area contributed by atoms with Gasteiger partial charge in [-0.1, -0.05) is 105 Å². The van der Waals surface area contributed by atoms with Gasteiger partial charge in [0.1, 0.15) is 5.82 Å². The van der Waals surface area contributed by atoms with E-state index < -0.39 is 0 Å². The first-order valence-corrected chi connectivity index (χ1v) is 14.7. The molecule has 0 aromatic heterocycles. The molecule has 2 aliphatic heterocycles. The average molecular weight is 545 g/mol. The maximum absolute atomic E-state index is 4.65. The number of nitrogens with one attached hydrogen (secondary N) is 2. The molecule has 0 saturated heterocycles. The fourth-order valence-corrected chi connectivity index (χ4v) is 5.40. The second-order valence-electron chi connectivity index (χ2n) is 10.6. The molecule has 0 aliphatic carbocycles. The fraction of sp³-hybridized carbons (Fsp3) is 0.270. The molecule has 0 bridgehead atoms. The zero-order chi connectivity index (χ0) is 29.0. The third kappa shape index (κ3) is 7.67. The molecule has 212 valence electrons. The number of anilines is 1. The highest BCUT2D eigenvalue weighted by Gasteiger charge is 2.25. The lowest BCUT2D eigenvalue weighted by atomic mass is 9.83. The minimum atomic E-state index is 0.0862. The van der Waals surface area contributed by atoms with Crippen molar-refractivity contribution in [2.24, 2.45) is 4.99 Å². The molecule has 2 aliphatic rings. The van der Waals surface area contributed by atoms with Crippen LogP contribution in [0.3, 0.4) is 0 Å². The number of nitrogens with zero attached hydrogens (tertiary/aromatic N) is 2. The van der Waals surface area contributed by atoms with Crippen LogP contribution >= 0.6 is 0 Å². The highest BCUT2D eigenvalue weighted by Crippen LogP contribution is 2.39. The largest absolute Gasteiger partial charge is 0.388 e. The zero-order valence-corrected chi connectivity index (χ0v) is 24.9. The van der Waals surface area contributed by atoms with Gasteiger partial charge in [0.15, 0.2) is 0 Å². The molecule has 4 heteroatoms. The zero-order valence-electron chi connectivity index (χ0n) is 24.9. The van der Waals surface area contributed by atoms with Crippen LogP contribution in [0.25, 0.3) is 5.70 Å². The van der Waals surface area contributed by atoms with Crippen LogP contribution in [0, 0.1) is 0 Å². The molecular weight excluding hydrogens is 500 g/mol. The molecule has 0 saturated carbocycles. The summed E-state index contributed by atoms with van der Waals surface area (Å²) in [6, 6.07) is 19.2. The van der Waals surface area contributed by atoms with E-state index in [0.29, 0.717) is 0 Å². The van der Waals surface area contributed by atoms with E-state index in [4.69, 9.17) is 0 Å². The summed E-state index contributed by atoms with van der Waals surface area (Å²) in [4.78, 5) is 6.69. The minimum absolute atomic E-state index is 0.0862. The first-order chi connectivity index (χ1) is 20.0. The van der Waals surface area contributed by atoms with Crippen molar-refractivity contribution < 1.29 is 0 Å². The van der Waals surface area contributed by atoms with Crippen molar-refractivity contribution in [2.45, 2.75) is 44.9 Å². The number of allylic oxidation sites excluding steroid dienone is 9. The Morgan fingerprint density at radius 1 is 1.10 bits per heavy atom. The predicted octanol–water partition coefficient (Wildman–Crippen LogP) is 8.76. The summed E-state index contributed by atoms with van der Waals surface area (Å²) in [6.07, 6.45) is 20.0. The van der Waals surface area contributed by atoms with Crippen molar-refractivity contribution in [3.05, 3.63) is 143 Å². The Labute approximate surface area is 247 Å². The predicted molar refractivity (Wildman–Crippen MR) is 178 cm³/mol. The summed E-state index contributed by atoms with van der Waals surface area (Å²) in [5.74, 6) is 1.25. The summed E-state index contributed by atoms with van der Waals surface area (Å²) in [5.41, 5.74) is 9.15. The average Bonchev–Trinajstić information content (AvgIpc) is 3.00. The second kappa shape index (κ2) is 14.9. The Balaban J connectivity index is 1.86. The van der Waals surface area contributed by atoms with Gasteiger partial charge in [-0.3, -0.25) is 4.99 Å². The molecule has 2 N–H and O–H groups in total. The van der Waals surface area contributed by atoms with Crippen LogP contribution in [0.2, 0.25) is 0 Å². The van der Waals surface area contributed by atoms with Gasteiger partial charge < -0.3 is 15.5 Å². The molecule has 41 heavy (non-hydrogen) atoms. The fourth-order valence-electron chi connectivity index (χ4n) is 5.40. The molecular formula is C37H44N4. The Kier molecular flexibility index (Phi) is 10.8. The van der Waals surface area contributed by atoms with Crippen LogP contribution in [0.15, 0.2) is 137 Å². The maximum Gasteiger partial charge on any atom is 0.109 e. The maximum atomic E-state index is 4.65. The third-order valence-electron chi connectivity index (χ3n) is 7.69. The standard InChI is InChI=1S/C37H44N4/c1-6-7-8-9-13-20-32(38-3)26-31(29-17-11-10-12-18-29)27-34-28(2)23-24-30-19-16-25-41(5)37(30)40-36(34)33-21-14-15-22-35(33)39-4/h8-22,26,31,39-40H,2-3,6-7,23-25,27H2,1,4-5H3/b9-8-,20-13?,32-26-,36-34-. The van der Waals surface area contributed by atoms with Gasteiger partial charge in [-0.05, 0) is 66.8 Å². The Hall–Kier alpha value is -4.31. The normalized spacial score (nSPS) is 18.8. The van der Waals surface area contributed by atoms with Crippen molar-refractivity contribution in [2.75, 3.05) is 26.0 Å². The Morgan fingerprint density at radius 3 is 2.63 bits per heavy atom. The molecule has 0 amide bonds. The number of benzene rings is 2. The number of unbranched alkanes of at least 4 members (excludes halogenated alkanes) is 1. The number of rotatable bonds is 11. The molecule has 1 atom stereocenters. The van der Waals surface area contributed by atoms with Gasteiger partial charge in [-0.25, -0.2) is 0 Å². The number of para-hydroxylation sites is 1. The lowest BCUT2D eigenvalue weighted by molar-refractivity contribution is 0.427. The third-order valence-corrected chi connectivity index (χ3v) is 7.69. The van der Waals surface area contributed by atoms with E-state index in [-0.39, 0.29) is 5.92 Å². The molecule has 4 rings (SSSR count). The highest BCUT2D eigenvalue weighted by atomic mass is 15.2. The molecule has 1 unspecified atom stereocenters. The van der Waals surface area contributed by atoms with Crippen LogP contribution in [0.4, 0.5) is 5.69 Å². The summed E-state index contributed by atoms with van der Waals surface area (Å²) in [7, 11) is 4.14. The van der Waals surface area contributed by atoms with E-state index in [1.54, 1.807) is 0 Å². The van der Waals surface area contributed by atoms with Crippen LogP contribution in [0.1, 0.15) is 56.1 Å². The molecule has 4 nitrogen and oxygen atoms in total. The Bertz CT molecular complexity index is 1400. The number of hydrogen-bond acceptors (Lipinski definition) is 4. The summed E-state index contributed by atoms with van der Waals surface area (Å²) in [5, 5.41) is 7.32. The SMILES string of the molecule is C=N/C(C=C/C=C\CCC)=C\C(C/C1=C(\c2ccccc2NC)NC2=C(C=CCN2C)CCC1=C)c1ccccc1. The summed E-state index contributed by atoms with van der Waals surface area (Å²) < 4.78 is 0. The smallest absolute Gasteiger partial charge is 0.109 e. The minimum Gasteiger partial charge on any atom is -0.388 e.